The summed E-state index contributed by atoms with van der Waals surface area (Å²) in [5.41, 5.74) is 0.751. The molecule has 0 atom stereocenters. The number of rotatable bonds is 6. The van der Waals surface area contributed by atoms with Gasteiger partial charge in [-0.15, -0.1) is 0 Å². The zero-order valence-corrected chi connectivity index (χ0v) is 15.4. The summed E-state index contributed by atoms with van der Waals surface area (Å²) in [6.07, 6.45) is 3.36. The van der Waals surface area contributed by atoms with Gasteiger partial charge >= 0.3 is 0 Å². The molecule has 0 bridgehead atoms. The first-order valence-electron chi connectivity index (χ1n) is 8.61. The highest BCUT2D eigenvalue weighted by molar-refractivity contribution is 6.30. The largest absolute Gasteiger partial charge is 0.477 e. The van der Waals surface area contributed by atoms with Gasteiger partial charge < -0.3 is 15.0 Å². The van der Waals surface area contributed by atoms with Crippen molar-refractivity contribution in [2.45, 2.75) is 6.92 Å². The van der Waals surface area contributed by atoms with E-state index in [4.69, 9.17) is 16.3 Å². The molecule has 0 saturated carbocycles. The summed E-state index contributed by atoms with van der Waals surface area (Å²) in [7, 11) is 0. The monoisotopic (exact) mass is 375 g/mol. The van der Waals surface area contributed by atoms with E-state index in [0.29, 0.717) is 24.1 Å². The summed E-state index contributed by atoms with van der Waals surface area (Å²) in [4.78, 5) is 25.1. The quantitative estimate of drug-likeness (QED) is 0.835. The van der Waals surface area contributed by atoms with Crippen molar-refractivity contribution in [2.75, 3.05) is 49.5 Å². The number of piperazine rings is 1. The van der Waals surface area contributed by atoms with Gasteiger partial charge in [-0.3, -0.25) is 14.7 Å². The van der Waals surface area contributed by atoms with Crippen LogP contribution in [-0.2, 0) is 4.79 Å². The van der Waals surface area contributed by atoms with E-state index < -0.39 is 0 Å². The topological polar surface area (TPSA) is 70.6 Å². The number of aromatic nitrogens is 2. The Morgan fingerprint density at radius 3 is 2.62 bits per heavy atom. The van der Waals surface area contributed by atoms with Crippen LogP contribution in [0, 0.1) is 0 Å². The van der Waals surface area contributed by atoms with E-state index in [1.807, 2.05) is 6.92 Å². The second-order valence-corrected chi connectivity index (χ2v) is 6.40. The molecule has 7 nitrogen and oxygen atoms in total. The van der Waals surface area contributed by atoms with Gasteiger partial charge in [0.15, 0.2) is 5.82 Å². The molecular formula is C18H22ClN5O2. The number of carbonyl (C=O) groups excluding carboxylic acids is 1. The van der Waals surface area contributed by atoms with Crippen LogP contribution in [-0.4, -0.2) is 60.1 Å². The van der Waals surface area contributed by atoms with Crippen LogP contribution in [0.5, 0.6) is 5.88 Å². The van der Waals surface area contributed by atoms with E-state index >= 15 is 0 Å². The van der Waals surface area contributed by atoms with E-state index in [1.165, 1.54) is 0 Å². The van der Waals surface area contributed by atoms with Gasteiger partial charge in [-0.2, -0.15) is 4.98 Å². The van der Waals surface area contributed by atoms with Crippen LogP contribution in [0.25, 0.3) is 0 Å². The van der Waals surface area contributed by atoms with Crippen molar-refractivity contribution < 1.29 is 9.53 Å². The minimum atomic E-state index is -0.0288. The average Bonchev–Trinajstić information content (AvgIpc) is 2.65. The molecule has 0 aliphatic carbocycles. The van der Waals surface area contributed by atoms with E-state index in [2.05, 4.69) is 25.1 Å². The number of halogens is 1. The highest BCUT2D eigenvalue weighted by Gasteiger charge is 2.20. The molecule has 1 amide bonds. The minimum Gasteiger partial charge on any atom is -0.477 e. The number of hydrogen-bond donors (Lipinski definition) is 1. The minimum absolute atomic E-state index is 0.0288. The molecule has 1 aliphatic rings. The number of amides is 1. The predicted molar refractivity (Wildman–Crippen MR) is 102 cm³/mol. The maximum Gasteiger partial charge on any atom is 0.238 e. The number of nitrogens with one attached hydrogen (secondary N) is 1. The highest BCUT2D eigenvalue weighted by Crippen LogP contribution is 2.16. The van der Waals surface area contributed by atoms with Crippen molar-refractivity contribution in [1.29, 1.82) is 0 Å². The lowest BCUT2D eigenvalue weighted by Crippen LogP contribution is -2.49. The summed E-state index contributed by atoms with van der Waals surface area (Å²) in [5, 5.41) is 3.54. The second kappa shape index (κ2) is 8.82. The van der Waals surface area contributed by atoms with Crippen molar-refractivity contribution in [2.24, 2.45) is 0 Å². The molecule has 0 unspecified atom stereocenters. The number of benzene rings is 1. The number of anilines is 2. The predicted octanol–water partition coefficient (Wildman–Crippen LogP) is 2.29. The molecule has 1 aliphatic heterocycles. The molecule has 8 heteroatoms. The van der Waals surface area contributed by atoms with Crippen LogP contribution < -0.4 is 15.0 Å². The van der Waals surface area contributed by atoms with E-state index in [1.54, 1.807) is 36.7 Å². The Morgan fingerprint density at radius 2 is 1.92 bits per heavy atom. The molecule has 0 radical (unpaired) electrons. The third-order valence-electron chi connectivity index (χ3n) is 4.08. The van der Waals surface area contributed by atoms with Crippen LogP contribution in [0.4, 0.5) is 11.5 Å². The first kappa shape index (κ1) is 18.4. The Hall–Kier alpha value is -2.38. The van der Waals surface area contributed by atoms with Gasteiger partial charge in [-0.1, -0.05) is 11.6 Å². The van der Waals surface area contributed by atoms with Gasteiger partial charge in [-0.25, -0.2) is 0 Å². The van der Waals surface area contributed by atoms with Crippen molar-refractivity contribution in [3.05, 3.63) is 41.7 Å². The van der Waals surface area contributed by atoms with Crippen LogP contribution in [0.15, 0.2) is 36.7 Å². The summed E-state index contributed by atoms with van der Waals surface area (Å²) in [5.74, 6) is 1.31. The maximum atomic E-state index is 12.2. The van der Waals surface area contributed by atoms with Crippen LogP contribution in [0.1, 0.15) is 6.92 Å². The third-order valence-corrected chi connectivity index (χ3v) is 4.34. The van der Waals surface area contributed by atoms with Gasteiger partial charge in [0.2, 0.25) is 11.8 Å². The van der Waals surface area contributed by atoms with E-state index in [-0.39, 0.29) is 5.91 Å². The lowest BCUT2D eigenvalue weighted by Gasteiger charge is -2.34. The lowest BCUT2D eigenvalue weighted by molar-refractivity contribution is -0.117. The summed E-state index contributed by atoms with van der Waals surface area (Å²) in [6.45, 7) is 6.00. The summed E-state index contributed by atoms with van der Waals surface area (Å²) in [6, 6.07) is 7.10. The molecule has 1 fully saturated rings. The van der Waals surface area contributed by atoms with Crippen LogP contribution in [0.2, 0.25) is 5.02 Å². The second-order valence-electron chi connectivity index (χ2n) is 5.97. The normalized spacial score (nSPS) is 14.9. The highest BCUT2D eigenvalue weighted by atomic mass is 35.5. The fraction of sp³-hybridized carbons (Fsp3) is 0.389. The maximum absolute atomic E-state index is 12.2. The summed E-state index contributed by atoms with van der Waals surface area (Å²) >= 11 is 5.85. The van der Waals surface area contributed by atoms with Crippen molar-refractivity contribution in [1.82, 2.24) is 14.9 Å². The molecule has 1 saturated heterocycles. The van der Waals surface area contributed by atoms with Crippen molar-refractivity contribution in [3.63, 3.8) is 0 Å². The van der Waals surface area contributed by atoms with Gasteiger partial charge in [-0.05, 0) is 31.2 Å². The number of hydrogen-bond acceptors (Lipinski definition) is 6. The van der Waals surface area contributed by atoms with Crippen LogP contribution >= 0.6 is 11.6 Å². The number of nitrogens with zero attached hydrogens (tertiary/aromatic N) is 4. The molecule has 0 spiro atoms. The van der Waals surface area contributed by atoms with Gasteiger partial charge in [0.05, 0.1) is 25.5 Å². The molecule has 26 heavy (non-hydrogen) atoms. The van der Waals surface area contributed by atoms with Gasteiger partial charge in [0.1, 0.15) is 0 Å². The third kappa shape index (κ3) is 5.06. The Morgan fingerprint density at radius 1 is 1.19 bits per heavy atom. The van der Waals surface area contributed by atoms with E-state index in [0.717, 1.165) is 37.7 Å². The van der Waals surface area contributed by atoms with E-state index in [9.17, 15) is 4.79 Å². The molecule has 1 aromatic carbocycles. The zero-order valence-electron chi connectivity index (χ0n) is 14.7. The number of carbonyl (C=O) groups is 1. The Bertz CT molecular complexity index is 733. The lowest BCUT2D eigenvalue weighted by atomic mass is 10.3. The molecule has 1 N–H and O–H groups in total. The standard InChI is InChI=1S/C18H22ClN5O2/c1-2-26-18-12-20-11-16(22-18)24-9-7-23(8-10-24)13-17(25)21-15-5-3-14(19)4-6-15/h3-6,11-12H,2,7-10,13H2,1H3,(H,21,25). The van der Waals surface area contributed by atoms with Crippen molar-refractivity contribution >= 4 is 29.0 Å². The Balaban J connectivity index is 1.48. The molecule has 3 rings (SSSR count). The SMILES string of the molecule is CCOc1cncc(N2CCN(CC(=O)Nc3ccc(Cl)cc3)CC2)n1. The van der Waals surface area contributed by atoms with Crippen LogP contribution in [0.3, 0.4) is 0 Å². The fourth-order valence-electron chi connectivity index (χ4n) is 2.78. The molecule has 2 heterocycles. The Kier molecular flexibility index (Phi) is 6.25. The van der Waals surface area contributed by atoms with Gasteiger partial charge in [0, 0.05) is 36.9 Å². The number of ether oxygens (including phenoxy) is 1. The average molecular weight is 376 g/mol. The molecular weight excluding hydrogens is 354 g/mol. The molecule has 138 valence electrons. The zero-order chi connectivity index (χ0) is 18.4. The first-order chi connectivity index (χ1) is 12.6. The fourth-order valence-corrected chi connectivity index (χ4v) is 2.91. The van der Waals surface area contributed by atoms with Gasteiger partial charge in [0.25, 0.3) is 0 Å². The summed E-state index contributed by atoms with van der Waals surface area (Å²) < 4.78 is 5.40. The molecule has 2 aromatic rings. The first-order valence-corrected chi connectivity index (χ1v) is 8.99. The Labute approximate surface area is 157 Å². The molecule has 1 aromatic heterocycles. The smallest absolute Gasteiger partial charge is 0.238 e. The van der Waals surface area contributed by atoms with Crippen molar-refractivity contribution in [3.8, 4) is 5.88 Å².